The second kappa shape index (κ2) is 6.63. The van der Waals surface area contributed by atoms with E-state index in [-0.39, 0.29) is 11.7 Å². The Bertz CT molecular complexity index is 1000. The molecule has 7 heteroatoms. The van der Waals surface area contributed by atoms with Gasteiger partial charge in [-0.25, -0.2) is 4.98 Å². The second-order valence-electron chi connectivity index (χ2n) is 6.96. The molecule has 5 rings (SSSR count). The van der Waals surface area contributed by atoms with E-state index < -0.39 is 0 Å². The van der Waals surface area contributed by atoms with E-state index in [1.54, 1.807) is 6.08 Å². The molecule has 6 nitrogen and oxygen atoms in total. The first kappa shape index (κ1) is 16.7. The van der Waals surface area contributed by atoms with Gasteiger partial charge in [0.25, 0.3) is 5.91 Å². The van der Waals surface area contributed by atoms with Gasteiger partial charge in [0.15, 0.2) is 11.5 Å². The van der Waals surface area contributed by atoms with Gasteiger partial charge in [-0.15, -0.1) is 0 Å². The lowest BCUT2D eigenvalue weighted by Crippen LogP contribution is -2.44. The summed E-state index contributed by atoms with van der Waals surface area (Å²) in [5, 5.41) is 4.44. The third kappa shape index (κ3) is 3.09. The number of oxazole rings is 1. The maximum Gasteiger partial charge on any atom is 0.252 e. The zero-order valence-electron chi connectivity index (χ0n) is 15.1. The first-order chi connectivity index (χ1) is 13.2. The minimum Gasteiger partial charge on any atom is -0.441 e. The number of nitrogens with zero attached hydrogens (tertiary/aromatic N) is 3. The third-order valence-corrected chi connectivity index (χ3v) is 6.64. The van der Waals surface area contributed by atoms with Crippen LogP contribution in [-0.2, 0) is 4.79 Å². The number of piperazine rings is 1. The van der Waals surface area contributed by atoms with Crippen LogP contribution in [0.3, 0.4) is 0 Å². The van der Waals surface area contributed by atoms with E-state index in [4.69, 9.17) is 4.42 Å². The van der Waals surface area contributed by atoms with Crippen LogP contribution in [0.25, 0.3) is 16.4 Å². The zero-order chi connectivity index (χ0) is 18.4. The van der Waals surface area contributed by atoms with Crippen LogP contribution >= 0.6 is 8.58 Å². The normalized spacial score (nSPS) is 23.6. The van der Waals surface area contributed by atoms with E-state index in [0.717, 1.165) is 53.9 Å². The van der Waals surface area contributed by atoms with Crippen molar-refractivity contribution in [1.82, 2.24) is 20.1 Å². The molecule has 138 valence electrons. The average molecular weight is 380 g/mol. The van der Waals surface area contributed by atoms with Crippen LogP contribution in [-0.4, -0.2) is 52.7 Å². The van der Waals surface area contributed by atoms with Crippen molar-refractivity contribution in [2.45, 2.75) is 12.7 Å². The number of allylic oxidation sites excluding steroid dienone is 1. The summed E-state index contributed by atoms with van der Waals surface area (Å²) in [5.41, 5.74) is 3.80. The Morgan fingerprint density at radius 1 is 1.30 bits per heavy atom. The number of carbonyl (C=O) groups excluding carboxylic acids is 1. The molecule has 3 aliphatic heterocycles. The van der Waals surface area contributed by atoms with Crippen molar-refractivity contribution in [3.63, 3.8) is 0 Å². The molecule has 0 aliphatic carbocycles. The molecule has 1 aromatic heterocycles. The number of amides is 1. The Labute approximate surface area is 159 Å². The molecule has 1 aromatic carbocycles. The minimum atomic E-state index is 0.0437. The van der Waals surface area contributed by atoms with Crippen LogP contribution in [0.15, 0.2) is 52.7 Å². The minimum absolute atomic E-state index is 0.0437. The van der Waals surface area contributed by atoms with Gasteiger partial charge in [0.2, 0.25) is 0 Å². The highest BCUT2D eigenvalue weighted by Gasteiger charge is 2.29. The van der Waals surface area contributed by atoms with Gasteiger partial charge in [-0.1, -0.05) is 20.7 Å². The van der Waals surface area contributed by atoms with Crippen LogP contribution < -0.4 is 5.32 Å². The monoisotopic (exact) mass is 380 g/mol. The quantitative estimate of drug-likeness (QED) is 0.812. The summed E-state index contributed by atoms with van der Waals surface area (Å²) in [5.74, 6) is 0.798. The first-order valence-corrected chi connectivity index (χ1v) is 10.3. The van der Waals surface area contributed by atoms with Crippen molar-refractivity contribution < 1.29 is 9.21 Å². The van der Waals surface area contributed by atoms with Gasteiger partial charge >= 0.3 is 0 Å². The lowest BCUT2D eigenvalue weighted by Gasteiger charge is -2.37. The van der Waals surface area contributed by atoms with Crippen LogP contribution in [0.2, 0.25) is 0 Å². The molecule has 1 saturated heterocycles. The second-order valence-corrected chi connectivity index (χ2v) is 8.38. The molecule has 4 heterocycles. The van der Waals surface area contributed by atoms with Gasteiger partial charge in [0.05, 0.1) is 11.5 Å². The topological polar surface area (TPSA) is 61.6 Å². The SMILES string of the molecule is Cc1nc2cc(C3=CC(=O)N4C=C(N5CCNCC5)C=CC4P3)ccc2o1. The predicted molar refractivity (Wildman–Crippen MR) is 107 cm³/mol. The van der Waals surface area contributed by atoms with Gasteiger partial charge < -0.3 is 19.5 Å². The van der Waals surface area contributed by atoms with E-state index in [1.165, 1.54) is 0 Å². The van der Waals surface area contributed by atoms with Crippen molar-refractivity contribution in [1.29, 1.82) is 0 Å². The molecular weight excluding hydrogens is 359 g/mol. The highest BCUT2D eigenvalue weighted by Crippen LogP contribution is 2.45. The van der Waals surface area contributed by atoms with Crippen LogP contribution in [0.4, 0.5) is 0 Å². The number of aryl methyl sites for hydroxylation is 1. The fourth-order valence-corrected chi connectivity index (χ4v) is 5.13. The molecule has 0 bridgehead atoms. The van der Waals surface area contributed by atoms with Gasteiger partial charge in [0.1, 0.15) is 5.52 Å². The maximum atomic E-state index is 12.8. The number of rotatable bonds is 2. The van der Waals surface area contributed by atoms with Crippen molar-refractivity contribution in [3.05, 3.63) is 59.8 Å². The van der Waals surface area contributed by atoms with E-state index in [1.807, 2.05) is 36.2 Å². The average Bonchev–Trinajstić information content (AvgIpc) is 3.07. The smallest absolute Gasteiger partial charge is 0.252 e. The number of nitrogens with one attached hydrogen (secondary N) is 1. The molecule has 1 amide bonds. The molecule has 2 atom stereocenters. The Hall–Kier alpha value is -2.43. The molecule has 0 saturated carbocycles. The molecular formula is C20H21N4O2P. The molecule has 0 radical (unpaired) electrons. The predicted octanol–water partition coefficient (Wildman–Crippen LogP) is 2.64. The number of hydrogen-bond donors (Lipinski definition) is 1. The van der Waals surface area contributed by atoms with E-state index >= 15 is 0 Å². The van der Waals surface area contributed by atoms with Gasteiger partial charge in [-0.3, -0.25) is 4.79 Å². The van der Waals surface area contributed by atoms with Crippen LogP contribution in [0, 0.1) is 6.92 Å². The van der Waals surface area contributed by atoms with E-state index in [0.29, 0.717) is 14.5 Å². The summed E-state index contributed by atoms with van der Waals surface area (Å²) < 4.78 is 5.56. The lowest BCUT2D eigenvalue weighted by atomic mass is 10.1. The molecule has 2 aromatic rings. The summed E-state index contributed by atoms with van der Waals surface area (Å²) >= 11 is 0. The number of benzene rings is 1. The highest BCUT2D eigenvalue weighted by atomic mass is 31.1. The maximum absolute atomic E-state index is 12.8. The number of fused-ring (bicyclic) bond motifs is 2. The molecule has 1 fully saturated rings. The van der Waals surface area contributed by atoms with Gasteiger partial charge in [-0.05, 0) is 29.1 Å². The Morgan fingerprint density at radius 2 is 2.15 bits per heavy atom. The number of aromatic nitrogens is 1. The molecule has 2 unspecified atom stereocenters. The van der Waals surface area contributed by atoms with Crippen molar-refractivity contribution in [2.75, 3.05) is 26.2 Å². The summed E-state index contributed by atoms with van der Waals surface area (Å²) in [7, 11) is 0.508. The van der Waals surface area contributed by atoms with E-state index in [2.05, 4.69) is 27.4 Å². The van der Waals surface area contributed by atoms with Crippen LogP contribution in [0.1, 0.15) is 11.5 Å². The summed E-state index contributed by atoms with van der Waals surface area (Å²) in [6, 6.07) is 5.97. The standard InChI is InChI=1S/C20H21N4O2P/c1-13-22-16-10-14(2-4-17(16)26-13)18-11-19(25)24-12-15(3-5-20(24)27-18)23-8-6-21-7-9-23/h2-5,10-12,20-21,27H,6-9H2,1H3. The third-order valence-electron chi connectivity index (χ3n) is 5.13. The summed E-state index contributed by atoms with van der Waals surface area (Å²) in [4.78, 5) is 21.4. The lowest BCUT2D eigenvalue weighted by molar-refractivity contribution is -0.123. The van der Waals surface area contributed by atoms with E-state index in [9.17, 15) is 4.79 Å². The zero-order valence-corrected chi connectivity index (χ0v) is 16.1. The molecule has 27 heavy (non-hydrogen) atoms. The van der Waals surface area contributed by atoms with Crippen molar-refractivity contribution in [3.8, 4) is 0 Å². The van der Waals surface area contributed by atoms with Gasteiger partial charge in [-0.2, -0.15) is 0 Å². The first-order valence-electron chi connectivity index (χ1n) is 9.21. The Kier molecular flexibility index (Phi) is 4.10. The fraction of sp³-hybridized carbons (Fsp3) is 0.300. The molecule has 1 N–H and O–H groups in total. The summed E-state index contributed by atoms with van der Waals surface area (Å²) in [6.45, 7) is 5.77. The summed E-state index contributed by atoms with van der Waals surface area (Å²) in [6.07, 6.45) is 8.12. The highest BCUT2D eigenvalue weighted by molar-refractivity contribution is 7.51. The number of carbonyl (C=O) groups is 1. The van der Waals surface area contributed by atoms with Gasteiger partial charge in [0, 0.05) is 45.4 Å². The Balaban J connectivity index is 1.42. The Morgan fingerprint density at radius 3 is 3.00 bits per heavy atom. The largest absolute Gasteiger partial charge is 0.441 e. The number of hydrogen-bond acceptors (Lipinski definition) is 5. The van der Waals surface area contributed by atoms with Crippen molar-refractivity contribution in [2.24, 2.45) is 0 Å². The molecule has 0 spiro atoms. The fourth-order valence-electron chi connectivity index (χ4n) is 3.75. The van der Waals surface area contributed by atoms with Crippen LogP contribution in [0.5, 0.6) is 0 Å². The molecule has 3 aliphatic rings. The van der Waals surface area contributed by atoms with Crippen molar-refractivity contribution >= 4 is 30.9 Å².